The molecule has 2 fully saturated rings. The van der Waals surface area contributed by atoms with E-state index in [4.69, 9.17) is 30.5 Å². The first-order chi connectivity index (χ1) is 17.5. The summed E-state index contributed by atoms with van der Waals surface area (Å²) in [5.74, 6) is 1.84. The SMILES string of the molecule is CO[C@]1(COc2cccc(Cl)c2)COCCN(Cc2ccc(OCCCN3CCCCC3=O)cc2)C1. The van der Waals surface area contributed by atoms with Crippen LogP contribution in [0.1, 0.15) is 31.2 Å². The van der Waals surface area contributed by atoms with E-state index in [0.717, 1.165) is 51.2 Å². The summed E-state index contributed by atoms with van der Waals surface area (Å²) in [6.07, 6.45) is 3.66. The van der Waals surface area contributed by atoms with Gasteiger partial charge in [-0.1, -0.05) is 29.8 Å². The summed E-state index contributed by atoms with van der Waals surface area (Å²) >= 11 is 6.09. The van der Waals surface area contributed by atoms with Crippen LogP contribution < -0.4 is 9.47 Å². The van der Waals surface area contributed by atoms with Gasteiger partial charge in [-0.05, 0) is 55.2 Å². The van der Waals surface area contributed by atoms with Gasteiger partial charge in [0.05, 0.1) is 19.8 Å². The lowest BCUT2D eigenvalue weighted by Crippen LogP contribution is -2.50. The van der Waals surface area contributed by atoms with Crippen LogP contribution in [-0.4, -0.2) is 81.0 Å². The fourth-order valence-corrected chi connectivity index (χ4v) is 4.83. The van der Waals surface area contributed by atoms with E-state index in [1.54, 1.807) is 13.2 Å². The van der Waals surface area contributed by atoms with Crippen LogP contribution in [0.4, 0.5) is 0 Å². The smallest absolute Gasteiger partial charge is 0.222 e. The number of amides is 1. The Hall–Kier alpha value is -2.32. The van der Waals surface area contributed by atoms with E-state index >= 15 is 0 Å². The fraction of sp³-hybridized carbons (Fsp3) is 0.536. The summed E-state index contributed by atoms with van der Waals surface area (Å²) in [4.78, 5) is 16.2. The van der Waals surface area contributed by atoms with Crippen LogP contribution in [0, 0.1) is 0 Å². The highest BCUT2D eigenvalue weighted by Crippen LogP contribution is 2.23. The third-order valence-electron chi connectivity index (χ3n) is 6.75. The van der Waals surface area contributed by atoms with Crippen LogP contribution in [0.5, 0.6) is 11.5 Å². The number of methoxy groups -OCH3 is 1. The zero-order chi connectivity index (χ0) is 25.2. The molecule has 0 aromatic heterocycles. The quantitative estimate of drug-likeness (QED) is 0.412. The van der Waals surface area contributed by atoms with Crippen molar-refractivity contribution in [1.29, 1.82) is 0 Å². The van der Waals surface area contributed by atoms with Gasteiger partial charge in [0.1, 0.15) is 23.7 Å². The molecule has 0 saturated carbocycles. The van der Waals surface area contributed by atoms with Crippen molar-refractivity contribution >= 4 is 17.5 Å². The van der Waals surface area contributed by atoms with Gasteiger partial charge in [0.15, 0.2) is 0 Å². The molecule has 2 heterocycles. The van der Waals surface area contributed by atoms with Crippen LogP contribution in [0.25, 0.3) is 0 Å². The van der Waals surface area contributed by atoms with E-state index in [0.29, 0.717) is 50.2 Å². The van der Waals surface area contributed by atoms with Gasteiger partial charge in [-0.25, -0.2) is 0 Å². The third-order valence-corrected chi connectivity index (χ3v) is 6.99. The van der Waals surface area contributed by atoms with Crippen LogP contribution >= 0.6 is 11.6 Å². The summed E-state index contributed by atoms with van der Waals surface area (Å²) in [5.41, 5.74) is 0.626. The molecule has 0 spiro atoms. The predicted molar refractivity (Wildman–Crippen MR) is 140 cm³/mol. The number of halogens is 1. The van der Waals surface area contributed by atoms with Crippen molar-refractivity contribution in [3.8, 4) is 11.5 Å². The second-order valence-electron chi connectivity index (χ2n) is 9.58. The molecule has 36 heavy (non-hydrogen) atoms. The Morgan fingerprint density at radius 1 is 1.06 bits per heavy atom. The molecule has 0 radical (unpaired) electrons. The topological polar surface area (TPSA) is 60.5 Å². The number of benzene rings is 2. The number of ether oxygens (including phenoxy) is 4. The maximum Gasteiger partial charge on any atom is 0.222 e. The van der Waals surface area contributed by atoms with Crippen LogP contribution in [-0.2, 0) is 20.8 Å². The monoisotopic (exact) mass is 516 g/mol. The van der Waals surface area contributed by atoms with Gasteiger partial charge in [0.25, 0.3) is 0 Å². The van der Waals surface area contributed by atoms with E-state index in [9.17, 15) is 4.79 Å². The van der Waals surface area contributed by atoms with Gasteiger partial charge in [-0.2, -0.15) is 0 Å². The van der Waals surface area contributed by atoms with Crippen LogP contribution in [0.2, 0.25) is 5.02 Å². The number of carbonyl (C=O) groups excluding carboxylic acids is 1. The summed E-state index contributed by atoms with van der Waals surface area (Å²) in [6.45, 7) is 6.03. The largest absolute Gasteiger partial charge is 0.494 e. The number of hydrogen-bond acceptors (Lipinski definition) is 6. The average Bonchev–Trinajstić information content (AvgIpc) is 3.10. The first-order valence-corrected chi connectivity index (χ1v) is 13.2. The number of hydrogen-bond donors (Lipinski definition) is 0. The van der Waals surface area contributed by atoms with Crippen molar-refractivity contribution in [3.63, 3.8) is 0 Å². The van der Waals surface area contributed by atoms with E-state index in [1.807, 2.05) is 35.2 Å². The average molecular weight is 517 g/mol. The highest BCUT2D eigenvalue weighted by atomic mass is 35.5. The Bertz CT molecular complexity index is 973. The zero-order valence-corrected chi connectivity index (χ0v) is 21.9. The van der Waals surface area contributed by atoms with Crippen LogP contribution in [0.15, 0.2) is 48.5 Å². The van der Waals surface area contributed by atoms with Crippen molar-refractivity contribution in [2.24, 2.45) is 0 Å². The molecule has 7 nitrogen and oxygen atoms in total. The van der Waals surface area contributed by atoms with E-state index in [-0.39, 0.29) is 5.91 Å². The molecular weight excluding hydrogens is 480 g/mol. The number of piperidine rings is 1. The first-order valence-electron chi connectivity index (χ1n) is 12.8. The molecule has 0 bridgehead atoms. The number of carbonyl (C=O) groups is 1. The Labute approximate surface area is 219 Å². The highest BCUT2D eigenvalue weighted by Gasteiger charge is 2.36. The summed E-state index contributed by atoms with van der Waals surface area (Å²) in [5, 5.41) is 0.641. The molecule has 1 amide bonds. The number of nitrogens with zero attached hydrogens (tertiary/aromatic N) is 2. The molecule has 2 aliphatic rings. The van der Waals surface area contributed by atoms with Gasteiger partial charge in [-0.15, -0.1) is 0 Å². The number of likely N-dealkylation sites (tertiary alicyclic amines) is 1. The molecule has 2 aromatic rings. The lowest BCUT2D eigenvalue weighted by molar-refractivity contribution is -0.133. The molecule has 2 aromatic carbocycles. The lowest BCUT2D eigenvalue weighted by Gasteiger charge is -2.34. The van der Waals surface area contributed by atoms with Gasteiger partial charge in [-0.3, -0.25) is 9.69 Å². The van der Waals surface area contributed by atoms with Crippen molar-refractivity contribution in [1.82, 2.24) is 9.80 Å². The Kier molecular flexibility index (Phi) is 9.87. The molecule has 0 aliphatic carbocycles. The molecular formula is C28H37ClN2O5. The van der Waals surface area contributed by atoms with Crippen molar-refractivity contribution in [2.75, 3.05) is 59.7 Å². The second-order valence-corrected chi connectivity index (χ2v) is 10.0. The highest BCUT2D eigenvalue weighted by molar-refractivity contribution is 6.30. The normalized spacial score (nSPS) is 21.3. The van der Waals surface area contributed by atoms with Gasteiger partial charge in [0.2, 0.25) is 5.91 Å². The van der Waals surface area contributed by atoms with Gasteiger partial charge >= 0.3 is 0 Å². The van der Waals surface area contributed by atoms with Crippen LogP contribution in [0.3, 0.4) is 0 Å². The van der Waals surface area contributed by atoms with E-state index in [1.165, 1.54) is 5.56 Å². The lowest BCUT2D eigenvalue weighted by atomic mass is 10.1. The molecule has 8 heteroatoms. The molecule has 2 saturated heterocycles. The maximum atomic E-state index is 11.9. The maximum absolute atomic E-state index is 11.9. The predicted octanol–water partition coefficient (Wildman–Crippen LogP) is 4.42. The first kappa shape index (κ1) is 26.7. The Morgan fingerprint density at radius 2 is 1.92 bits per heavy atom. The molecule has 0 N–H and O–H groups in total. The van der Waals surface area contributed by atoms with E-state index < -0.39 is 5.60 Å². The standard InChI is InChI=1S/C28H37ClN2O5/c1-33-28(22-36-26-7-4-6-24(29)18-26)20-30(15-17-34-21-28)19-23-9-11-25(12-10-23)35-16-5-14-31-13-3-2-8-27(31)32/h4,6-7,9-12,18H,2-3,5,8,13-17,19-22H2,1H3/t28-/m0/s1. The summed E-state index contributed by atoms with van der Waals surface area (Å²) < 4.78 is 23.8. The molecule has 2 aliphatic heterocycles. The fourth-order valence-electron chi connectivity index (χ4n) is 4.65. The van der Waals surface area contributed by atoms with Gasteiger partial charge < -0.3 is 23.8 Å². The minimum atomic E-state index is -0.572. The zero-order valence-electron chi connectivity index (χ0n) is 21.1. The van der Waals surface area contributed by atoms with Crippen molar-refractivity contribution in [3.05, 3.63) is 59.1 Å². The van der Waals surface area contributed by atoms with E-state index in [2.05, 4.69) is 17.0 Å². The minimum absolute atomic E-state index is 0.276. The third kappa shape index (κ3) is 7.84. The second kappa shape index (κ2) is 13.3. The number of rotatable bonds is 11. The molecule has 196 valence electrons. The summed E-state index contributed by atoms with van der Waals surface area (Å²) in [7, 11) is 1.71. The Balaban J connectivity index is 1.25. The summed E-state index contributed by atoms with van der Waals surface area (Å²) in [6, 6.07) is 15.6. The Morgan fingerprint density at radius 3 is 2.69 bits per heavy atom. The van der Waals surface area contributed by atoms with Crippen molar-refractivity contribution in [2.45, 2.75) is 37.8 Å². The minimum Gasteiger partial charge on any atom is -0.494 e. The van der Waals surface area contributed by atoms with Gasteiger partial charge in [0, 0.05) is 51.3 Å². The molecule has 0 unspecified atom stereocenters. The molecule has 1 atom stereocenters. The molecule has 4 rings (SSSR count). The van der Waals surface area contributed by atoms with Crippen molar-refractivity contribution < 1.29 is 23.7 Å².